The van der Waals surface area contributed by atoms with Crippen LogP contribution in [-0.2, 0) is 0 Å². The quantitative estimate of drug-likeness (QED) is 0.574. The Hall–Kier alpha value is -3.26. The smallest absolute Gasteiger partial charge is 0.274 e. The molecule has 7 nitrogen and oxygen atoms in total. The number of hydrogen-bond acceptors (Lipinski definition) is 4. The Morgan fingerprint density at radius 2 is 1.97 bits per heavy atom. The number of aliphatic hydroxyl groups is 1. The van der Waals surface area contributed by atoms with Gasteiger partial charge in [0.2, 0.25) is 0 Å². The van der Waals surface area contributed by atoms with Gasteiger partial charge in [0.05, 0.1) is 17.5 Å². The standard InChI is InChI=1S/C25H23FN4O3/c26-17-5-4-14(7-18(17)28-22(32)19-11-27-20-3-1-2-6-30(19)20)21(31)29-24-10-16-8-15-9-23(33,12-24)13-25(15,16)24/h1-7,11,15-16,33H,8-10,12-13H2,(H,28,32)(H,29,31)/t15-,16-,23?,24?,25?/m1/s1. The van der Waals surface area contributed by atoms with Crippen molar-refractivity contribution < 1.29 is 19.1 Å². The Kier molecular flexibility index (Phi) is 3.49. The lowest BCUT2D eigenvalue weighted by Crippen LogP contribution is -2.77. The van der Waals surface area contributed by atoms with E-state index in [0.717, 1.165) is 25.7 Å². The summed E-state index contributed by atoms with van der Waals surface area (Å²) in [5.41, 5.74) is 0.106. The fourth-order valence-electron chi connectivity index (χ4n) is 7.75. The van der Waals surface area contributed by atoms with Crippen LogP contribution in [0, 0.1) is 23.1 Å². The van der Waals surface area contributed by atoms with Gasteiger partial charge in [0, 0.05) is 22.7 Å². The zero-order valence-corrected chi connectivity index (χ0v) is 17.8. The molecule has 168 valence electrons. The maximum Gasteiger partial charge on any atom is 0.274 e. The van der Waals surface area contributed by atoms with E-state index in [2.05, 4.69) is 15.6 Å². The van der Waals surface area contributed by atoms with Crippen LogP contribution < -0.4 is 10.6 Å². The van der Waals surface area contributed by atoms with Gasteiger partial charge in [-0.15, -0.1) is 0 Å². The number of carbonyl (C=O) groups excluding carboxylic acids is 2. The number of carbonyl (C=O) groups is 2. The van der Waals surface area contributed by atoms with E-state index < -0.39 is 17.3 Å². The number of pyridine rings is 1. The predicted octanol–water partition coefficient (Wildman–Crippen LogP) is 3.15. The van der Waals surface area contributed by atoms with Crippen molar-refractivity contribution in [1.82, 2.24) is 14.7 Å². The number of nitrogens with zero attached hydrogens (tertiary/aromatic N) is 2. The first-order valence-electron chi connectivity index (χ1n) is 11.4. The highest BCUT2D eigenvalue weighted by Crippen LogP contribution is 2.83. The Labute approximate surface area is 189 Å². The minimum Gasteiger partial charge on any atom is -0.390 e. The van der Waals surface area contributed by atoms with Crippen LogP contribution in [0.25, 0.3) is 5.65 Å². The monoisotopic (exact) mass is 446 g/mol. The molecular weight excluding hydrogens is 423 g/mol. The molecule has 4 fully saturated rings. The molecule has 2 amide bonds. The fraction of sp³-hybridized carbons (Fsp3) is 0.400. The largest absolute Gasteiger partial charge is 0.390 e. The topological polar surface area (TPSA) is 95.7 Å². The third-order valence-corrected chi connectivity index (χ3v) is 8.87. The number of aromatic nitrogens is 2. The maximum atomic E-state index is 14.5. The molecule has 5 atom stereocenters. The molecule has 3 aromatic rings. The lowest BCUT2D eigenvalue weighted by atomic mass is 9.35. The number of fused-ring (bicyclic) bond motifs is 2. The molecule has 8 heteroatoms. The van der Waals surface area contributed by atoms with Gasteiger partial charge in [-0.05, 0) is 74.3 Å². The van der Waals surface area contributed by atoms with Gasteiger partial charge < -0.3 is 15.7 Å². The van der Waals surface area contributed by atoms with Gasteiger partial charge in [0.25, 0.3) is 11.8 Å². The van der Waals surface area contributed by atoms with E-state index in [0.29, 0.717) is 23.9 Å². The summed E-state index contributed by atoms with van der Waals surface area (Å²) in [5, 5.41) is 16.7. The molecule has 33 heavy (non-hydrogen) atoms. The molecule has 0 saturated heterocycles. The number of rotatable bonds is 4. The summed E-state index contributed by atoms with van der Waals surface area (Å²) in [6.45, 7) is 0. The normalized spacial score (nSPS) is 35.0. The molecule has 2 heterocycles. The van der Waals surface area contributed by atoms with Gasteiger partial charge in [0.15, 0.2) is 0 Å². The Bertz CT molecular complexity index is 1370. The second kappa shape index (κ2) is 5.99. The Morgan fingerprint density at radius 1 is 1.12 bits per heavy atom. The van der Waals surface area contributed by atoms with Crippen LogP contribution in [0.2, 0.25) is 0 Å². The van der Waals surface area contributed by atoms with E-state index in [-0.39, 0.29) is 33.8 Å². The third kappa shape index (κ3) is 2.34. The molecule has 2 bridgehead atoms. The second-order valence-corrected chi connectivity index (χ2v) is 10.4. The van der Waals surface area contributed by atoms with Gasteiger partial charge >= 0.3 is 0 Å². The van der Waals surface area contributed by atoms with Crippen molar-refractivity contribution in [3.63, 3.8) is 0 Å². The number of amides is 2. The summed E-state index contributed by atoms with van der Waals surface area (Å²) in [6.07, 6.45) is 7.40. The van der Waals surface area contributed by atoms with Crippen molar-refractivity contribution in [3.05, 3.63) is 65.9 Å². The van der Waals surface area contributed by atoms with Crippen molar-refractivity contribution in [3.8, 4) is 0 Å². The number of halogens is 1. The maximum absolute atomic E-state index is 14.5. The summed E-state index contributed by atoms with van der Waals surface area (Å²) in [4.78, 5) is 30.2. The summed E-state index contributed by atoms with van der Waals surface area (Å²) in [5.74, 6) is -0.355. The number of imidazole rings is 1. The van der Waals surface area contributed by atoms with Crippen LogP contribution >= 0.6 is 0 Å². The highest BCUT2D eigenvalue weighted by molar-refractivity contribution is 6.04. The predicted molar refractivity (Wildman–Crippen MR) is 117 cm³/mol. The molecule has 3 N–H and O–H groups in total. The molecule has 3 unspecified atom stereocenters. The average Bonchev–Trinajstić information content (AvgIpc) is 3.39. The average molecular weight is 446 g/mol. The van der Waals surface area contributed by atoms with Crippen LogP contribution in [0.4, 0.5) is 10.1 Å². The lowest BCUT2D eigenvalue weighted by molar-refractivity contribution is -0.206. The first-order valence-corrected chi connectivity index (χ1v) is 11.4. The van der Waals surface area contributed by atoms with Crippen molar-refractivity contribution >= 4 is 23.1 Å². The molecule has 1 spiro atoms. The number of nitrogens with one attached hydrogen (secondary N) is 2. The van der Waals surface area contributed by atoms with Crippen molar-refractivity contribution in [2.45, 2.75) is 43.2 Å². The molecule has 0 radical (unpaired) electrons. The molecule has 4 saturated carbocycles. The molecular formula is C25H23FN4O3. The molecule has 4 aliphatic rings. The van der Waals surface area contributed by atoms with Gasteiger partial charge in [-0.25, -0.2) is 9.37 Å². The highest BCUT2D eigenvalue weighted by Gasteiger charge is 2.84. The van der Waals surface area contributed by atoms with E-state index in [1.165, 1.54) is 24.4 Å². The van der Waals surface area contributed by atoms with E-state index >= 15 is 0 Å². The first-order chi connectivity index (χ1) is 15.8. The summed E-state index contributed by atoms with van der Waals surface area (Å²) >= 11 is 0. The second-order valence-electron chi connectivity index (χ2n) is 10.4. The zero-order chi connectivity index (χ0) is 22.6. The van der Waals surface area contributed by atoms with Crippen LogP contribution in [-0.4, -0.2) is 37.4 Å². The van der Waals surface area contributed by atoms with Gasteiger partial charge in [0.1, 0.15) is 17.2 Å². The lowest BCUT2D eigenvalue weighted by Gasteiger charge is -2.72. The third-order valence-electron chi connectivity index (χ3n) is 8.87. The minimum atomic E-state index is -0.668. The highest BCUT2D eigenvalue weighted by atomic mass is 19.1. The van der Waals surface area contributed by atoms with Crippen LogP contribution in [0.5, 0.6) is 0 Å². The number of benzene rings is 1. The molecule has 7 rings (SSSR count). The van der Waals surface area contributed by atoms with Gasteiger partial charge in [-0.1, -0.05) is 6.07 Å². The van der Waals surface area contributed by atoms with E-state index in [9.17, 15) is 19.1 Å². The summed E-state index contributed by atoms with van der Waals surface area (Å²) in [6, 6.07) is 9.36. The molecule has 2 aromatic heterocycles. The van der Waals surface area contributed by atoms with Crippen molar-refractivity contribution in [2.24, 2.45) is 17.3 Å². The van der Waals surface area contributed by atoms with Crippen molar-refractivity contribution in [2.75, 3.05) is 5.32 Å². The van der Waals surface area contributed by atoms with E-state index in [1.54, 1.807) is 22.7 Å². The SMILES string of the molecule is O=C(NC12C[C@H]3C[C@@H]4CC(O)(C1)CC432)c1ccc(F)c(NC(=O)c2cnc3ccccn23)c1. The van der Waals surface area contributed by atoms with Gasteiger partial charge in [-0.2, -0.15) is 0 Å². The van der Waals surface area contributed by atoms with Crippen LogP contribution in [0.1, 0.15) is 53.0 Å². The minimum absolute atomic E-state index is 0.0392. The summed E-state index contributed by atoms with van der Waals surface area (Å²) in [7, 11) is 0. The Morgan fingerprint density at radius 3 is 2.79 bits per heavy atom. The molecule has 0 aliphatic heterocycles. The number of hydrogen-bond donors (Lipinski definition) is 3. The summed E-state index contributed by atoms with van der Waals surface area (Å²) < 4.78 is 16.1. The molecule has 1 aromatic carbocycles. The fourth-order valence-corrected chi connectivity index (χ4v) is 7.75. The van der Waals surface area contributed by atoms with Gasteiger partial charge in [-0.3, -0.25) is 14.0 Å². The van der Waals surface area contributed by atoms with Crippen molar-refractivity contribution in [1.29, 1.82) is 0 Å². The van der Waals surface area contributed by atoms with E-state index in [4.69, 9.17) is 0 Å². The molecule has 4 aliphatic carbocycles. The van der Waals surface area contributed by atoms with E-state index in [1.807, 2.05) is 6.07 Å². The Balaban J connectivity index is 1.14. The van der Waals surface area contributed by atoms with Crippen LogP contribution in [0.15, 0.2) is 48.8 Å². The van der Waals surface area contributed by atoms with Crippen LogP contribution in [0.3, 0.4) is 0 Å². The first kappa shape index (κ1) is 19.2. The number of anilines is 1. The zero-order valence-electron chi connectivity index (χ0n) is 17.8.